The first-order chi connectivity index (χ1) is 10.5. The molecule has 0 spiro atoms. The smallest absolute Gasteiger partial charge is 0.257 e. The van der Waals surface area contributed by atoms with Crippen LogP contribution in [0.4, 0.5) is 4.39 Å². The van der Waals surface area contributed by atoms with E-state index in [0.717, 1.165) is 0 Å². The van der Waals surface area contributed by atoms with Gasteiger partial charge in [-0.3, -0.25) is 10.1 Å². The monoisotopic (exact) mass is 339 g/mol. The van der Waals surface area contributed by atoms with Gasteiger partial charge in [-0.1, -0.05) is 29.3 Å². The molecule has 0 bridgehead atoms. The van der Waals surface area contributed by atoms with Crippen LogP contribution in [-0.4, -0.2) is 11.9 Å². The summed E-state index contributed by atoms with van der Waals surface area (Å²) >= 11 is 11.4. The molecule has 0 atom stereocenters. The Balaban J connectivity index is 1.98. The van der Waals surface area contributed by atoms with Crippen molar-refractivity contribution >= 4 is 35.1 Å². The Morgan fingerprint density at radius 3 is 2.50 bits per heavy atom. The van der Waals surface area contributed by atoms with E-state index >= 15 is 0 Å². The minimum Gasteiger partial charge on any atom is -0.370 e. The molecule has 0 aliphatic rings. The largest absolute Gasteiger partial charge is 0.370 e. The molecular weight excluding hydrogens is 328 g/mol. The van der Waals surface area contributed by atoms with E-state index in [1.165, 1.54) is 12.1 Å². The molecule has 1 amide bonds. The molecular formula is C15H12Cl2FN3O. The summed E-state index contributed by atoms with van der Waals surface area (Å²) in [6.45, 7) is 0.173. The molecule has 114 valence electrons. The first-order valence-corrected chi connectivity index (χ1v) is 7.02. The quantitative estimate of drug-likeness (QED) is 0.664. The third-order valence-corrected chi connectivity index (χ3v) is 3.31. The molecule has 2 aromatic carbocycles. The molecule has 0 saturated carbocycles. The fraction of sp³-hybridized carbons (Fsp3) is 0.0667. The SMILES string of the molecule is NC(=NCc1ccc(F)c(Cl)c1)NC(=O)c1ccc(Cl)cc1. The van der Waals surface area contributed by atoms with Crippen LogP contribution in [0.1, 0.15) is 15.9 Å². The van der Waals surface area contributed by atoms with E-state index in [4.69, 9.17) is 28.9 Å². The number of nitrogens with one attached hydrogen (secondary N) is 1. The molecule has 4 nitrogen and oxygen atoms in total. The molecule has 0 saturated heterocycles. The third kappa shape index (κ3) is 4.44. The maximum absolute atomic E-state index is 13.0. The zero-order chi connectivity index (χ0) is 16.1. The van der Waals surface area contributed by atoms with Crippen LogP contribution >= 0.6 is 23.2 Å². The fourth-order valence-corrected chi connectivity index (χ4v) is 1.97. The molecule has 0 aromatic heterocycles. The summed E-state index contributed by atoms with van der Waals surface area (Å²) in [5.41, 5.74) is 6.73. The van der Waals surface area contributed by atoms with Crippen molar-refractivity contribution in [1.29, 1.82) is 0 Å². The lowest BCUT2D eigenvalue weighted by atomic mass is 10.2. The Hall–Kier alpha value is -2.11. The molecule has 0 aliphatic carbocycles. The van der Waals surface area contributed by atoms with Crippen molar-refractivity contribution in [3.8, 4) is 0 Å². The number of benzene rings is 2. The van der Waals surface area contributed by atoms with Crippen LogP contribution in [0.15, 0.2) is 47.5 Å². The van der Waals surface area contributed by atoms with Crippen LogP contribution in [0.25, 0.3) is 0 Å². The lowest BCUT2D eigenvalue weighted by Crippen LogP contribution is -2.36. The van der Waals surface area contributed by atoms with Crippen LogP contribution in [0.5, 0.6) is 0 Å². The van der Waals surface area contributed by atoms with Gasteiger partial charge >= 0.3 is 0 Å². The Labute approximate surface area is 136 Å². The summed E-state index contributed by atoms with van der Waals surface area (Å²) < 4.78 is 13.0. The fourth-order valence-electron chi connectivity index (χ4n) is 1.64. The molecule has 0 radical (unpaired) electrons. The van der Waals surface area contributed by atoms with Crippen molar-refractivity contribution in [3.05, 3.63) is 69.5 Å². The third-order valence-electron chi connectivity index (χ3n) is 2.76. The number of aliphatic imine (C=N–C) groups is 1. The zero-order valence-electron chi connectivity index (χ0n) is 11.3. The summed E-state index contributed by atoms with van der Waals surface area (Å²) in [6.07, 6.45) is 0. The number of guanidine groups is 1. The average Bonchev–Trinajstić information content (AvgIpc) is 2.49. The Morgan fingerprint density at radius 2 is 1.86 bits per heavy atom. The van der Waals surface area contributed by atoms with Crippen LogP contribution in [0.2, 0.25) is 10.0 Å². The summed E-state index contributed by atoms with van der Waals surface area (Å²) in [5.74, 6) is -0.936. The van der Waals surface area contributed by atoms with Gasteiger partial charge in [0.2, 0.25) is 0 Å². The van der Waals surface area contributed by atoms with Crippen molar-refractivity contribution in [1.82, 2.24) is 5.32 Å². The van der Waals surface area contributed by atoms with E-state index in [9.17, 15) is 9.18 Å². The first kappa shape index (κ1) is 16.3. The molecule has 0 aliphatic heterocycles. The van der Waals surface area contributed by atoms with Gasteiger partial charge in [-0.05, 0) is 42.0 Å². The Kier molecular flexibility index (Phi) is 5.35. The van der Waals surface area contributed by atoms with Gasteiger partial charge < -0.3 is 5.73 Å². The highest BCUT2D eigenvalue weighted by Crippen LogP contribution is 2.16. The van der Waals surface area contributed by atoms with E-state index in [2.05, 4.69) is 10.3 Å². The molecule has 0 fully saturated rings. The predicted molar refractivity (Wildman–Crippen MR) is 85.7 cm³/mol. The highest BCUT2D eigenvalue weighted by atomic mass is 35.5. The van der Waals surface area contributed by atoms with Gasteiger partial charge in [-0.15, -0.1) is 0 Å². The van der Waals surface area contributed by atoms with Crippen molar-refractivity contribution < 1.29 is 9.18 Å². The Morgan fingerprint density at radius 1 is 1.18 bits per heavy atom. The topological polar surface area (TPSA) is 67.5 Å². The van der Waals surface area contributed by atoms with Gasteiger partial charge in [-0.25, -0.2) is 9.38 Å². The second-order valence-corrected chi connectivity index (χ2v) is 5.25. The van der Waals surface area contributed by atoms with Crippen LogP contribution in [0.3, 0.4) is 0 Å². The molecule has 0 unspecified atom stereocenters. The lowest BCUT2D eigenvalue weighted by Gasteiger charge is -2.05. The van der Waals surface area contributed by atoms with Gasteiger partial charge in [0, 0.05) is 10.6 Å². The molecule has 7 heteroatoms. The highest BCUT2D eigenvalue weighted by molar-refractivity contribution is 6.31. The number of halogens is 3. The maximum atomic E-state index is 13.0. The molecule has 2 aromatic rings. The summed E-state index contributed by atoms with van der Waals surface area (Å²) in [5, 5.41) is 2.99. The van der Waals surface area contributed by atoms with E-state index in [1.54, 1.807) is 30.3 Å². The van der Waals surface area contributed by atoms with Crippen molar-refractivity contribution in [2.45, 2.75) is 6.54 Å². The average molecular weight is 340 g/mol. The number of hydrogen-bond donors (Lipinski definition) is 2. The summed E-state index contributed by atoms with van der Waals surface area (Å²) in [7, 11) is 0. The number of nitrogens with zero attached hydrogens (tertiary/aromatic N) is 1. The minimum atomic E-state index is -0.501. The lowest BCUT2D eigenvalue weighted by molar-refractivity contribution is 0.0976. The van der Waals surface area contributed by atoms with Crippen LogP contribution in [-0.2, 0) is 6.54 Å². The van der Waals surface area contributed by atoms with Crippen LogP contribution in [0, 0.1) is 5.82 Å². The standard InChI is InChI=1S/C15H12Cl2FN3O/c16-11-4-2-10(3-5-11)14(22)21-15(19)20-8-9-1-6-13(18)12(17)7-9/h1-7H,8H2,(H3,19,20,21,22). The normalized spacial score (nSPS) is 11.3. The molecule has 3 N–H and O–H groups in total. The summed E-state index contributed by atoms with van der Waals surface area (Å²) in [4.78, 5) is 15.9. The number of hydrogen-bond acceptors (Lipinski definition) is 2. The van der Waals surface area contributed by atoms with E-state index in [-0.39, 0.29) is 17.5 Å². The second-order valence-electron chi connectivity index (χ2n) is 4.41. The van der Waals surface area contributed by atoms with Gasteiger partial charge in [-0.2, -0.15) is 0 Å². The van der Waals surface area contributed by atoms with Gasteiger partial charge in [0.1, 0.15) is 5.82 Å². The molecule has 0 heterocycles. The number of rotatable bonds is 3. The minimum absolute atomic E-state index is 0.0106. The van der Waals surface area contributed by atoms with E-state index < -0.39 is 11.7 Å². The van der Waals surface area contributed by atoms with Crippen LogP contribution < -0.4 is 11.1 Å². The van der Waals surface area contributed by atoms with Crippen molar-refractivity contribution in [3.63, 3.8) is 0 Å². The number of amides is 1. The van der Waals surface area contributed by atoms with Gasteiger partial charge in [0.05, 0.1) is 11.6 Å². The first-order valence-electron chi connectivity index (χ1n) is 6.26. The van der Waals surface area contributed by atoms with Crippen molar-refractivity contribution in [2.24, 2.45) is 10.7 Å². The molecule has 22 heavy (non-hydrogen) atoms. The maximum Gasteiger partial charge on any atom is 0.257 e. The number of carbonyl (C=O) groups excluding carboxylic acids is 1. The predicted octanol–water partition coefficient (Wildman–Crippen LogP) is 3.38. The number of carbonyl (C=O) groups is 1. The van der Waals surface area contributed by atoms with E-state index in [0.29, 0.717) is 16.1 Å². The highest BCUT2D eigenvalue weighted by Gasteiger charge is 2.06. The van der Waals surface area contributed by atoms with Gasteiger partial charge in [0.25, 0.3) is 5.91 Å². The van der Waals surface area contributed by atoms with Crippen molar-refractivity contribution in [2.75, 3.05) is 0 Å². The second kappa shape index (κ2) is 7.24. The van der Waals surface area contributed by atoms with Gasteiger partial charge in [0.15, 0.2) is 5.96 Å². The zero-order valence-corrected chi connectivity index (χ0v) is 12.8. The number of nitrogens with two attached hydrogens (primary N) is 1. The Bertz CT molecular complexity index is 717. The summed E-state index contributed by atoms with van der Waals surface area (Å²) in [6, 6.07) is 10.6. The van der Waals surface area contributed by atoms with E-state index in [1.807, 2.05) is 0 Å². The molecule has 2 rings (SSSR count).